The highest BCUT2D eigenvalue weighted by Crippen LogP contribution is 2.23. The Hall–Kier alpha value is 0.177. The molecule has 42 valence electrons. The first-order valence-corrected chi connectivity index (χ1v) is 5.99. The average Bonchev–Trinajstić information content (AvgIpc) is 1.63. The van der Waals surface area contributed by atoms with Gasteiger partial charge in [0.05, 0.1) is 0 Å². The molecule has 1 aliphatic rings. The Morgan fingerprint density at radius 1 is 1.43 bits per heavy atom. The van der Waals surface area contributed by atoms with Gasteiger partial charge in [0.25, 0.3) is 0 Å². The molecule has 0 spiro atoms. The lowest BCUT2D eigenvalue weighted by Gasteiger charge is -2.43. The molecule has 0 saturated carbocycles. The fraction of sp³-hybridized carbons (Fsp3) is 1.00. The van der Waals surface area contributed by atoms with Crippen molar-refractivity contribution in [2.24, 2.45) is 0 Å². The Morgan fingerprint density at radius 3 is 1.86 bits per heavy atom. The molecule has 1 fully saturated rings. The molecule has 1 rings (SSSR count). The molecule has 0 N–H and O–H groups in total. The Labute approximate surface area is 46.4 Å². The number of hydrogen-bond donors (Lipinski definition) is 0. The summed E-state index contributed by atoms with van der Waals surface area (Å²) in [6.07, 6.45) is 0. The molecular formula is C5H13NSi. The maximum absolute atomic E-state index is 2.51. The van der Waals surface area contributed by atoms with Crippen LogP contribution >= 0.6 is 0 Å². The first-order valence-electron chi connectivity index (χ1n) is 2.84. The zero-order chi connectivity index (χ0) is 5.49. The lowest BCUT2D eigenvalue weighted by atomic mass is 10.7. The third kappa shape index (κ3) is 0.727. The first kappa shape index (κ1) is 5.32. The highest BCUT2D eigenvalue weighted by atomic mass is 28.3. The van der Waals surface area contributed by atoms with Gasteiger partial charge in [-0.25, -0.2) is 0 Å². The van der Waals surface area contributed by atoms with Crippen molar-refractivity contribution in [3.05, 3.63) is 0 Å². The summed E-state index contributed by atoms with van der Waals surface area (Å²) in [5.41, 5.74) is 0. The van der Waals surface area contributed by atoms with Gasteiger partial charge in [-0.3, -0.25) is 0 Å². The normalized spacial score (nSPS) is 29.6. The zero-order valence-corrected chi connectivity index (χ0v) is 6.36. The largest absolute Gasteiger partial charge is 0.327 e. The molecule has 1 heterocycles. The van der Waals surface area contributed by atoms with E-state index in [-0.39, 0.29) is 0 Å². The van der Waals surface area contributed by atoms with Crippen molar-refractivity contribution >= 4 is 8.24 Å². The summed E-state index contributed by atoms with van der Waals surface area (Å²) >= 11 is 0. The maximum Gasteiger partial charge on any atom is 0.123 e. The van der Waals surface area contributed by atoms with E-state index in [9.17, 15) is 0 Å². The number of hydrogen-bond acceptors (Lipinski definition) is 1. The molecular weight excluding hydrogens is 102 g/mol. The van der Waals surface area contributed by atoms with Gasteiger partial charge in [-0.15, -0.1) is 0 Å². The van der Waals surface area contributed by atoms with Crippen molar-refractivity contribution in [3.8, 4) is 0 Å². The van der Waals surface area contributed by atoms with Crippen molar-refractivity contribution in [2.45, 2.75) is 19.1 Å². The van der Waals surface area contributed by atoms with Crippen LogP contribution in [0.15, 0.2) is 0 Å². The molecule has 1 saturated heterocycles. The monoisotopic (exact) mass is 115 g/mol. The summed E-state index contributed by atoms with van der Waals surface area (Å²) in [7, 11) is 1.51. The third-order valence-electron chi connectivity index (χ3n) is 2.09. The fourth-order valence-electron chi connectivity index (χ4n) is 0.783. The van der Waals surface area contributed by atoms with Gasteiger partial charge < -0.3 is 4.57 Å². The number of rotatable bonds is 0. The van der Waals surface area contributed by atoms with Crippen LogP contribution in [0.1, 0.15) is 0 Å². The summed E-state index contributed by atoms with van der Waals surface area (Å²) < 4.78 is 2.51. The van der Waals surface area contributed by atoms with E-state index in [2.05, 4.69) is 24.7 Å². The minimum absolute atomic E-state index is 0.721. The Bertz CT molecular complexity index is 80.1. The predicted molar refractivity (Wildman–Crippen MR) is 34.9 cm³/mol. The van der Waals surface area contributed by atoms with Crippen LogP contribution < -0.4 is 0 Å². The Kier molecular flexibility index (Phi) is 1.01. The average molecular weight is 115 g/mol. The molecule has 0 aliphatic carbocycles. The second-order valence-electron chi connectivity index (χ2n) is 2.98. The smallest absolute Gasteiger partial charge is 0.123 e. The quantitative estimate of drug-likeness (QED) is 0.428. The van der Waals surface area contributed by atoms with Gasteiger partial charge >= 0.3 is 0 Å². The van der Waals surface area contributed by atoms with E-state index in [1.165, 1.54) is 12.6 Å². The first-order chi connectivity index (χ1) is 3.13. The molecule has 1 aliphatic heterocycles. The van der Waals surface area contributed by atoms with Gasteiger partial charge in [0, 0.05) is 0 Å². The van der Waals surface area contributed by atoms with Crippen LogP contribution in [0.25, 0.3) is 0 Å². The topological polar surface area (TPSA) is 3.24 Å². The van der Waals surface area contributed by atoms with Crippen LogP contribution in [0, 0.1) is 0 Å². The van der Waals surface area contributed by atoms with Gasteiger partial charge in [0.2, 0.25) is 0 Å². The molecule has 0 aromatic rings. The van der Waals surface area contributed by atoms with Gasteiger partial charge in [0.1, 0.15) is 8.24 Å². The highest BCUT2D eigenvalue weighted by molar-refractivity contribution is 6.77. The summed E-state index contributed by atoms with van der Waals surface area (Å²) in [6, 6.07) is 1.50. The molecule has 0 bridgehead atoms. The molecule has 7 heavy (non-hydrogen) atoms. The van der Waals surface area contributed by atoms with Gasteiger partial charge in [-0.05, 0) is 19.6 Å². The van der Waals surface area contributed by atoms with Crippen molar-refractivity contribution in [2.75, 3.05) is 13.6 Å². The molecule has 1 nitrogen and oxygen atoms in total. The van der Waals surface area contributed by atoms with Crippen molar-refractivity contribution in [1.82, 2.24) is 4.57 Å². The van der Waals surface area contributed by atoms with E-state index in [1.807, 2.05) is 0 Å². The van der Waals surface area contributed by atoms with Gasteiger partial charge in [0.15, 0.2) is 0 Å². The van der Waals surface area contributed by atoms with E-state index < -0.39 is 8.24 Å². The summed E-state index contributed by atoms with van der Waals surface area (Å²) in [4.78, 5) is 0. The van der Waals surface area contributed by atoms with Crippen molar-refractivity contribution in [3.63, 3.8) is 0 Å². The Morgan fingerprint density at radius 2 is 1.86 bits per heavy atom. The minimum Gasteiger partial charge on any atom is -0.327 e. The second kappa shape index (κ2) is 1.33. The van der Waals surface area contributed by atoms with Crippen molar-refractivity contribution in [1.29, 1.82) is 0 Å². The SMILES string of the molecule is CN1CC[Si]1(C)C. The second-order valence-corrected chi connectivity index (χ2v) is 7.87. The van der Waals surface area contributed by atoms with Crippen LogP contribution in [-0.2, 0) is 0 Å². The standard InChI is InChI=1S/C5H13NSi/c1-6-4-5-7(6,2)3/h4-5H2,1-3H3. The van der Waals surface area contributed by atoms with Crippen LogP contribution in [0.3, 0.4) is 0 Å². The van der Waals surface area contributed by atoms with Crippen LogP contribution in [-0.4, -0.2) is 26.4 Å². The third-order valence-corrected chi connectivity index (χ3v) is 5.83. The van der Waals surface area contributed by atoms with Crippen LogP contribution in [0.5, 0.6) is 0 Å². The van der Waals surface area contributed by atoms with E-state index in [0.717, 1.165) is 0 Å². The molecule has 0 amide bonds. The molecule has 0 unspecified atom stereocenters. The lowest BCUT2D eigenvalue weighted by molar-refractivity contribution is 0.460. The van der Waals surface area contributed by atoms with Crippen LogP contribution in [0.2, 0.25) is 19.1 Å². The Balaban J connectivity index is 2.43. The van der Waals surface area contributed by atoms with Gasteiger partial charge in [-0.1, -0.05) is 13.1 Å². The lowest BCUT2D eigenvalue weighted by Crippen LogP contribution is -2.57. The van der Waals surface area contributed by atoms with Gasteiger partial charge in [-0.2, -0.15) is 0 Å². The molecule has 0 atom stereocenters. The van der Waals surface area contributed by atoms with Crippen LogP contribution in [0.4, 0.5) is 0 Å². The molecule has 0 aromatic carbocycles. The summed E-state index contributed by atoms with van der Waals surface area (Å²) in [5.74, 6) is 0. The molecule has 0 aromatic heterocycles. The summed E-state index contributed by atoms with van der Waals surface area (Å²) in [6.45, 7) is 6.17. The van der Waals surface area contributed by atoms with E-state index in [0.29, 0.717) is 0 Å². The predicted octanol–water partition coefficient (Wildman–Crippen LogP) is 1.14. The number of nitrogens with zero attached hydrogens (tertiary/aromatic N) is 1. The summed E-state index contributed by atoms with van der Waals surface area (Å²) in [5, 5.41) is 0. The highest BCUT2D eigenvalue weighted by Gasteiger charge is 2.34. The van der Waals surface area contributed by atoms with E-state index in [1.54, 1.807) is 0 Å². The minimum atomic E-state index is -0.721. The maximum atomic E-state index is 2.51. The molecule has 2 heteroatoms. The van der Waals surface area contributed by atoms with E-state index >= 15 is 0 Å². The fourth-order valence-corrected chi connectivity index (χ4v) is 2.35. The van der Waals surface area contributed by atoms with E-state index in [4.69, 9.17) is 0 Å². The van der Waals surface area contributed by atoms with Crippen molar-refractivity contribution < 1.29 is 0 Å². The molecule has 0 radical (unpaired) electrons. The zero-order valence-electron chi connectivity index (χ0n) is 5.36.